The summed E-state index contributed by atoms with van der Waals surface area (Å²) < 4.78 is 5.78. The molecule has 0 aliphatic carbocycles. The first kappa shape index (κ1) is 17.7. The Labute approximate surface area is 157 Å². The Bertz CT molecular complexity index is 893. The number of hydrogen-bond donors (Lipinski definition) is 1. The number of nitrogens with one attached hydrogen (secondary N) is 1. The van der Waals surface area contributed by atoms with Crippen molar-refractivity contribution in [1.29, 1.82) is 0 Å². The highest BCUT2D eigenvalue weighted by Gasteiger charge is 2.07. The number of ether oxygens (including phenoxy) is 1. The van der Waals surface area contributed by atoms with Crippen molar-refractivity contribution in [1.82, 2.24) is 4.98 Å². The Morgan fingerprint density at radius 1 is 1.04 bits per heavy atom. The zero-order chi connectivity index (χ0) is 18.2. The van der Waals surface area contributed by atoms with Crippen molar-refractivity contribution in [2.24, 2.45) is 0 Å². The van der Waals surface area contributed by atoms with E-state index in [1.807, 2.05) is 42.5 Å². The summed E-state index contributed by atoms with van der Waals surface area (Å²) in [7, 11) is 0. The highest BCUT2D eigenvalue weighted by Crippen LogP contribution is 2.22. The van der Waals surface area contributed by atoms with Crippen molar-refractivity contribution in [2.45, 2.75) is 6.61 Å². The third-order valence-corrected chi connectivity index (χ3v) is 3.80. The molecule has 2 aromatic carbocycles. The molecule has 0 saturated heterocycles. The zero-order valence-electron chi connectivity index (χ0n) is 13.9. The molecule has 0 atom stereocenters. The maximum absolute atomic E-state index is 12.2. The minimum Gasteiger partial charge on any atom is -0.485 e. The number of aromatic nitrogens is 1. The van der Waals surface area contributed by atoms with Gasteiger partial charge in [0, 0.05) is 17.3 Å². The van der Waals surface area contributed by atoms with Crippen LogP contribution in [0.25, 0.3) is 6.08 Å². The summed E-state index contributed by atoms with van der Waals surface area (Å²) in [6, 6.07) is 20.6. The summed E-state index contributed by atoms with van der Waals surface area (Å²) in [5, 5.41) is 3.39. The second-order valence-electron chi connectivity index (χ2n) is 5.50. The zero-order valence-corrected chi connectivity index (χ0v) is 14.7. The largest absolute Gasteiger partial charge is 0.485 e. The molecule has 1 aromatic heterocycles. The molecule has 0 fully saturated rings. The molecule has 0 saturated carbocycles. The van der Waals surface area contributed by atoms with Gasteiger partial charge in [0.2, 0.25) is 5.91 Å². The number of carbonyl (C=O) groups is 1. The molecule has 0 aliphatic heterocycles. The molecule has 1 N–H and O–H groups in total. The Hall–Kier alpha value is -3.11. The molecule has 0 bridgehead atoms. The molecule has 0 radical (unpaired) electrons. The van der Waals surface area contributed by atoms with Gasteiger partial charge in [-0.1, -0.05) is 54.1 Å². The Kier molecular flexibility index (Phi) is 6.01. The number of halogens is 1. The number of carbonyl (C=O) groups excluding carboxylic acids is 1. The lowest BCUT2D eigenvalue weighted by molar-refractivity contribution is -0.111. The monoisotopic (exact) mass is 364 g/mol. The van der Waals surface area contributed by atoms with E-state index >= 15 is 0 Å². The summed E-state index contributed by atoms with van der Waals surface area (Å²) in [5.74, 6) is 0.613. The van der Waals surface area contributed by atoms with Gasteiger partial charge >= 0.3 is 0 Å². The first-order valence-corrected chi connectivity index (χ1v) is 8.45. The second kappa shape index (κ2) is 8.83. The van der Waals surface area contributed by atoms with Crippen LogP contribution in [-0.2, 0) is 11.4 Å². The third-order valence-electron chi connectivity index (χ3n) is 3.55. The quantitative estimate of drug-likeness (QED) is 0.628. The minimum atomic E-state index is -0.289. The van der Waals surface area contributed by atoms with Crippen LogP contribution in [-0.4, -0.2) is 10.9 Å². The van der Waals surface area contributed by atoms with Crippen LogP contribution in [0, 0.1) is 0 Å². The van der Waals surface area contributed by atoms with Gasteiger partial charge in [0.15, 0.2) is 11.6 Å². The van der Waals surface area contributed by atoms with Crippen LogP contribution in [0.15, 0.2) is 79.0 Å². The van der Waals surface area contributed by atoms with Gasteiger partial charge in [-0.2, -0.15) is 0 Å². The van der Waals surface area contributed by atoms with E-state index in [1.165, 1.54) is 6.08 Å². The third kappa shape index (κ3) is 5.19. The molecule has 3 aromatic rings. The average Bonchev–Trinajstić information content (AvgIpc) is 2.68. The second-order valence-corrected chi connectivity index (χ2v) is 5.93. The molecule has 0 aliphatic rings. The average molecular weight is 365 g/mol. The van der Waals surface area contributed by atoms with E-state index in [0.29, 0.717) is 23.2 Å². The van der Waals surface area contributed by atoms with Crippen LogP contribution in [0.1, 0.15) is 11.1 Å². The Morgan fingerprint density at radius 3 is 2.58 bits per heavy atom. The molecule has 1 heterocycles. The standard InChI is InChI=1S/C21H17ClN2O2/c22-18-11-8-16(9-12-18)10-13-20(25)24-21-19(7-4-14-23-21)26-15-17-5-2-1-3-6-17/h1-14H,15H2,(H,23,24,25)/b13-10+. The van der Waals surface area contributed by atoms with Crippen molar-refractivity contribution in [2.75, 3.05) is 5.32 Å². The van der Waals surface area contributed by atoms with Crippen LogP contribution in [0.3, 0.4) is 0 Å². The SMILES string of the molecule is O=C(/C=C/c1ccc(Cl)cc1)Nc1ncccc1OCc1ccccc1. The molecule has 4 nitrogen and oxygen atoms in total. The molecule has 0 unspecified atom stereocenters. The highest BCUT2D eigenvalue weighted by molar-refractivity contribution is 6.30. The lowest BCUT2D eigenvalue weighted by Gasteiger charge is -2.10. The van der Waals surface area contributed by atoms with Gasteiger partial charge in [-0.15, -0.1) is 0 Å². The maximum Gasteiger partial charge on any atom is 0.249 e. The number of amides is 1. The highest BCUT2D eigenvalue weighted by atomic mass is 35.5. The predicted molar refractivity (Wildman–Crippen MR) is 104 cm³/mol. The van der Waals surface area contributed by atoms with Gasteiger partial charge in [0.25, 0.3) is 0 Å². The van der Waals surface area contributed by atoms with E-state index in [4.69, 9.17) is 16.3 Å². The van der Waals surface area contributed by atoms with Gasteiger partial charge in [-0.05, 0) is 41.5 Å². The Morgan fingerprint density at radius 2 is 1.81 bits per heavy atom. The van der Waals surface area contributed by atoms with Crippen molar-refractivity contribution < 1.29 is 9.53 Å². The molecule has 5 heteroatoms. The van der Waals surface area contributed by atoms with E-state index in [-0.39, 0.29) is 5.91 Å². The molecule has 0 spiro atoms. The van der Waals surface area contributed by atoms with Gasteiger partial charge in [0.1, 0.15) is 6.61 Å². The van der Waals surface area contributed by atoms with E-state index in [1.54, 1.807) is 36.5 Å². The fraction of sp³-hybridized carbons (Fsp3) is 0.0476. The van der Waals surface area contributed by atoms with Crippen LogP contribution in [0.4, 0.5) is 5.82 Å². The summed E-state index contributed by atoms with van der Waals surface area (Å²) >= 11 is 5.85. The molecule has 3 rings (SSSR count). The van der Waals surface area contributed by atoms with Gasteiger partial charge in [0.05, 0.1) is 0 Å². The fourth-order valence-electron chi connectivity index (χ4n) is 2.24. The van der Waals surface area contributed by atoms with Crippen LogP contribution >= 0.6 is 11.6 Å². The smallest absolute Gasteiger partial charge is 0.249 e. The first-order chi connectivity index (χ1) is 12.7. The first-order valence-electron chi connectivity index (χ1n) is 8.07. The van der Waals surface area contributed by atoms with Gasteiger partial charge in [-0.3, -0.25) is 4.79 Å². The molecular weight excluding hydrogens is 348 g/mol. The number of rotatable bonds is 6. The van der Waals surface area contributed by atoms with E-state index in [9.17, 15) is 4.79 Å². The summed E-state index contributed by atoms with van der Waals surface area (Å²) in [6.45, 7) is 0.399. The van der Waals surface area contributed by atoms with Crippen LogP contribution in [0.2, 0.25) is 5.02 Å². The van der Waals surface area contributed by atoms with Crippen LogP contribution < -0.4 is 10.1 Å². The summed E-state index contributed by atoms with van der Waals surface area (Å²) in [6.07, 6.45) is 4.76. The van der Waals surface area contributed by atoms with Crippen molar-refractivity contribution in [3.05, 3.63) is 95.2 Å². The molecule has 130 valence electrons. The number of hydrogen-bond acceptors (Lipinski definition) is 3. The number of pyridine rings is 1. The normalized spacial score (nSPS) is 10.7. The van der Waals surface area contributed by atoms with Gasteiger partial charge < -0.3 is 10.1 Å². The van der Waals surface area contributed by atoms with E-state index in [2.05, 4.69) is 10.3 Å². The van der Waals surface area contributed by atoms with E-state index < -0.39 is 0 Å². The topological polar surface area (TPSA) is 51.2 Å². The lowest BCUT2D eigenvalue weighted by atomic mass is 10.2. The van der Waals surface area contributed by atoms with Crippen molar-refractivity contribution in [3.63, 3.8) is 0 Å². The molecule has 1 amide bonds. The summed E-state index contributed by atoms with van der Waals surface area (Å²) in [5.41, 5.74) is 1.92. The maximum atomic E-state index is 12.2. The van der Waals surface area contributed by atoms with Crippen molar-refractivity contribution >= 4 is 29.4 Å². The van der Waals surface area contributed by atoms with Crippen LogP contribution in [0.5, 0.6) is 5.75 Å². The summed E-state index contributed by atoms with van der Waals surface area (Å²) in [4.78, 5) is 16.3. The Balaban J connectivity index is 1.63. The van der Waals surface area contributed by atoms with Gasteiger partial charge in [-0.25, -0.2) is 4.98 Å². The molecular formula is C21H17ClN2O2. The van der Waals surface area contributed by atoms with E-state index in [0.717, 1.165) is 11.1 Å². The fourth-order valence-corrected chi connectivity index (χ4v) is 2.37. The number of nitrogens with zero attached hydrogens (tertiary/aromatic N) is 1. The minimum absolute atomic E-state index is 0.289. The predicted octanol–water partition coefficient (Wildman–Crippen LogP) is 4.97. The number of benzene rings is 2. The number of anilines is 1. The lowest BCUT2D eigenvalue weighted by Crippen LogP contribution is -2.11. The van der Waals surface area contributed by atoms with Crippen molar-refractivity contribution in [3.8, 4) is 5.75 Å². The molecule has 26 heavy (non-hydrogen) atoms.